The van der Waals surface area contributed by atoms with Crippen LogP contribution in [0, 0.1) is 0 Å². The molecule has 1 saturated heterocycles. The fourth-order valence-corrected chi connectivity index (χ4v) is 2.87. The molecule has 0 aliphatic carbocycles. The first-order valence-electron chi connectivity index (χ1n) is 6.73. The third-order valence-corrected chi connectivity index (χ3v) is 3.89. The van der Waals surface area contributed by atoms with Crippen LogP contribution in [0.4, 0.5) is 10.5 Å². The van der Waals surface area contributed by atoms with Crippen LogP contribution in [-0.4, -0.2) is 17.8 Å². The predicted molar refractivity (Wildman–Crippen MR) is 84.8 cm³/mol. The zero-order valence-corrected chi connectivity index (χ0v) is 12.6. The van der Waals surface area contributed by atoms with E-state index in [1.165, 1.54) is 6.26 Å². The molecule has 0 bridgehead atoms. The van der Waals surface area contributed by atoms with E-state index in [1.54, 1.807) is 42.5 Å². The van der Waals surface area contributed by atoms with Gasteiger partial charge >= 0.3 is 0 Å². The monoisotopic (exact) mass is 315 g/mol. The number of nitrogens with zero attached hydrogens (tertiary/aromatic N) is 1. The summed E-state index contributed by atoms with van der Waals surface area (Å²) in [6.07, 6.45) is 3.09. The van der Waals surface area contributed by atoms with Gasteiger partial charge in [0, 0.05) is 6.08 Å². The SMILES string of the molecule is CCOc1ccc(N2C(=O)S/C(=C\c3ccco3)C2=O)cc1. The van der Waals surface area contributed by atoms with Crippen LogP contribution in [0.3, 0.4) is 0 Å². The highest BCUT2D eigenvalue weighted by molar-refractivity contribution is 8.19. The van der Waals surface area contributed by atoms with E-state index in [2.05, 4.69) is 0 Å². The molecule has 0 saturated carbocycles. The molecule has 2 aromatic rings. The van der Waals surface area contributed by atoms with Crippen molar-refractivity contribution in [1.29, 1.82) is 0 Å². The normalized spacial score (nSPS) is 16.6. The maximum absolute atomic E-state index is 12.4. The van der Waals surface area contributed by atoms with E-state index in [1.807, 2.05) is 6.92 Å². The molecule has 0 unspecified atom stereocenters. The molecule has 2 heterocycles. The third-order valence-electron chi connectivity index (χ3n) is 3.02. The topological polar surface area (TPSA) is 59.8 Å². The number of benzene rings is 1. The Kier molecular flexibility index (Phi) is 4.02. The third kappa shape index (κ3) is 2.78. The van der Waals surface area contributed by atoms with E-state index in [9.17, 15) is 9.59 Å². The van der Waals surface area contributed by atoms with Crippen LogP contribution < -0.4 is 9.64 Å². The highest BCUT2D eigenvalue weighted by Gasteiger charge is 2.36. The summed E-state index contributed by atoms with van der Waals surface area (Å²) in [5.41, 5.74) is 0.522. The van der Waals surface area contributed by atoms with Gasteiger partial charge in [0.1, 0.15) is 11.5 Å². The molecule has 3 rings (SSSR count). The minimum absolute atomic E-state index is 0.327. The van der Waals surface area contributed by atoms with E-state index in [-0.39, 0.29) is 11.1 Å². The van der Waals surface area contributed by atoms with E-state index >= 15 is 0 Å². The van der Waals surface area contributed by atoms with Crippen LogP contribution >= 0.6 is 11.8 Å². The lowest BCUT2D eigenvalue weighted by Gasteiger charge is -2.13. The first-order valence-corrected chi connectivity index (χ1v) is 7.55. The number of hydrogen-bond donors (Lipinski definition) is 0. The van der Waals surface area contributed by atoms with Crippen LogP contribution in [0.15, 0.2) is 52.0 Å². The molecule has 0 spiro atoms. The van der Waals surface area contributed by atoms with Crippen LogP contribution in [0.2, 0.25) is 0 Å². The fraction of sp³-hybridized carbons (Fsp3) is 0.125. The van der Waals surface area contributed by atoms with Crippen LogP contribution in [0.25, 0.3) is 6.08 Å². The average molecular weight is 315 g/mol. The molecule has 112 valence electrons. The Balaban J connectivity index is 1.85. The van der Waals surface area contributed by atoms with Gasteiger partial charge in [-0.3, -0.25) is 9.59 Å². The highest BCUT2D eigenvalue weighted by atomic mass is 32.2. The van der Waals surface area contributed by atoms with Crippen molar-refractivity contribution >= 4 is 34.7 Å². The van der Waals surface area contributed by atoms with Crippen molar-refractivity contribution in [3.8, 4) is 5.75 Å². The molecular formula is C16H13NO4S. The quantitative estimate of drug-likeness (QED) is 0.800. The summed E-state index contributed by atoms with van der Waals surface area (Å²) >= 11 is 0.897. The minimum atomic E-state index is -0.351. The van der Waals surface area contributed by atoms with Crippen molar-refractivity contribution in [3.05, 3.63) is 53.3 Å². The van der Waals surface area contributed by atoms with Gasteiger partial charge in [0.2, 0.25) is 0 Å². The molecular weight excluding hydrogens is 302 g/mol. The Morgan fingerprint density at radius 1 is 1.23 bits per heavy atom. The molecule has 6 heteroatoms. The molecule has 1 aliphatic rings. The second-order valence-electron chi connectivity index (χ2n) is 4.46. The van der Waals surface area contributed by atoms with E-state index < -0.39 is 0 Å². The van der Waals surface area contributed by atoms with E-state index in [0.29, 0.717) is 28.7 Å². The highest BCUT2D eigenvalue weighted by Crippen LogP contribution is 2.36. The van der Waals surface area contributed by atoms with Crippen molar-refractivity contribution < 1.29 is 18.7 Å². The smallest absolute Gasteiger partial charge is 0.298 e. The average Bonchev–Trinajstić information content (AvgIpc) is 3.10. The largest absolute Gasteiger partial charge is 0.494 e. The van der Waals surface area contributed by atoms with Crippen molar-refractivity contribution in [2.24, 2.45) is 0 Å². The molecule has 1 aliphatic heterocycles. The number of imide groups is 1. The number of thioether (sulfide) groups is 1. The van der Waals surface area contributed by atoms with Crippen molar-refractivity contribution in [3.63, 3.8) is 0 Å². The number of hydrogen-bond acceptors (Lipinski definition) is 5. The second-order valence-corrected chi connectivity index (χ2v) is 5.45. The molecule has 22 heavy (non-hydrogen) atoms. The lowest BCUT2D eigenvalue weighted by molar-refractivity contribution is -0.113. The maximum Gasteiger partial charge on any atom is 0.298 e. The molecule has 0 radical (unpaired) electrons. The van der Waals surface area contributed by atoms with Gasteiger partial charge in [-0.05, 0) is 55.1 Å². The van der Waals surface area contributed by atoms with Gasteiger partial charge in [-0.25, -0.2) is 4.90 Å². The summed E-state index contributed by atoms with van der Waals surface area (Å²) in [7, 11) is 0. The molecule has 0 N–H and O–H groups in total. The van der Waals surface area contributed by atoms with Crippen LogP contribution in [-0.2, 0) is 4.79 Å². The minimum Gasteiger partial charge on any atom is -0.494 e. The Labute approximate surface area is 131 Å². The number of anilines is 1. The molecule has 1 fully saturated rings. The summed E-state index contributed by atoms with van der Waals surface area (Å²) in [4.78, 5) is 26.0. The molecule has 2 amide bonds. The zero-order chi connectivity index (χ0) is 15.5. The Hall–Kier alpha value is -2.47. The van der Waals surface area contributed by atoms with Gasteiger partial charge in [-0.2, -0.15) is 0 Å². The first kappa shape index (κ1) is 14.5. The van der Waals surface area contributed by atoms with Crippen LogP contribution in [0.1, 0.15) is 12.7 Å². The summed E-state index contributed by atoms with van der Waals surface area (Å²) in [6, 6.07) is 10.3. The summed E-state index contributed by atoms with van der Waals surface area (Å²) in [5.74, 6) is 0.886. The lowest BCUT2D eigenvalue weighted by Crippen LogP contribution is -2.27. The molecule has 5 nitrogen and oxygen atoms in total. The van der Waals surface area contributed by atoms with E-state index in [0.717, 1.165) is 16.7 Å². The Morgan fingerprint density at radius 2 is 2.00 bits per heavy atom. The first-order chi connectivity index (χ1) is 10.7. The van der Waals surface area contributed by atoms with Crippen LogP contribution in [0.5, 0.6) is 5.75 Å². The zero-order valence-electron chi connectivity index (χ0n) is 11.8. The summed E-state index contributed by atoms with van der Waals surface area (Å²) in [6.45, 7) is 2.45. The number of furan rings is 1. The van der Waals surface area contributed by atoms with Crippen molar-refractivity contribution in [2.75, 3.05) is 11.5 Å². The number of ether oxygens (including phenoxy) is 1. The van der Waals surface area contributed by atoms with Crippen molar-refractivity contribution in [1.82, 2.24) is 0 Å². The lowest BCUT2D eigenvalue weighted by atomic mass is 10.2. The number of amides is 2. The summed E-state index contributed by atoms with van der Waals surface area (Å²) < 4.78 is 10.5. The van der Waals surface area contributed by atoms with Gasteiger partial charge in [0.05, 0.1) is 23.5 Å². The molecule has 1 aromatic heterocycles. The van der Waals surface area contributed by atoms with Crippen molar-refractivity contribution in [2.45, 2.75) is 6.92 Å². The fourth-order valence-electron chi connectivity index (χ4n) is 2.05. The van der Waals surface area contributed by atoms with E-state index in [4.69, 9.17) is 9.15 Å². The molecule has 0 atom stereocenters. The Bertz CT molecular complexity index is 719. The number of rotatable bonds is 4. The second kappa shape index (κ2) is 6.11. The maximum atomic E-state index is 12.4. The van der Waals surface area contributed by atoms with Gasteiger partial charge in [-0.15, -0.1) is 0 Å². The van der Waals surface area contributed by atoms with Gasteiger partial charge in [-0.1, -0.05) is 0 Å². The summed E-state index contributed by atoms with van der Waals surface area (Å²) in [5, 5.41) is -0.327. The Morgan fingerprint density at radius 3 is 2.64 bits per heavy atom. The van der Waals surface area contributed by atoms with Gasteiger partial charge < -0.3 is 9.15 Å². The number of carbonyl (C=O) groups is 2. The predicted octanol–water partition coefficient (Wildman–Crippen LogP) is 3.92. The van der Waals surface area contributed by atoms with Gasteiger partial charge in [0.15, 0.2) is 0 Å². The number of carbonyl (C=O) groups excluding carboxylic acids is 2. The van der Waals surface area contributed by atoms with Gasteiger partial charge in [0.25, 0.3) is 11.1 Å². The standard InChI is InChI=1S/C16H13NO4S/c1-2-20-12-7-5-11(6-8-12)17-15(18)14(22-16(17)19)10-13-4-3-9-21-13/h3-10H,2H2,1H3/b14-10-. The molecule has 1 aromatic carbocycles.